The van der Waals surface area contributed by atoms with Gasteiger partial charge in [0, 0.05) is 17.4 Å². The number of benzene rings is 2. The van der Waals surface area contributed by atoms with Gasteiger partial charge in [0.1, 0.15) is 0 Å². The first-order valence-corrected chi connectivity index (χ1v) is 10.3. The number of halogens is 2. The van der Waals surface area contributed by atoms with Crippen LogP contribution in [0.2, 0.25) is 10.0 Å². The van der Waals surface area contributed by atoms with Gasteiger partial charge in [0.2, 0.25) is 0 Å². The Morgan fingerprint density at radius 3 is 2.45 bits per heavy atom. The van der Waals surface area contributed by atoms with Crippen LogP contribution in [0.15, 0.2) is 83.0 Å². The van der Waals surface area contributed by atoms with Crippen molar-refractivity contribution in [2.75, 3.05) is 4.90 Å². The molecule has 144 valence electrons. The molecule has 3 aromatic rings. The monoisotopic (exact) mass is 439 g/mol. The second-order valence-corrected chi connectivity index (χ2v) is 8.08. The average molecular weight is 440 g/mol. The van der Waals surface area contributed by atoms with E-state index in [1.165, 1.54) is 18.0 Å². The molecule has 0 N–H and O–H groups in total. The molecule has 4 nitrogen and oxygen atoms in total. The highest BCUT2D eigenvalue weighted by molar-refractivity contribution is 8.19. The van der Waals surface area contributed by atoms with E-state index in [9.17, 15) is 4.79 Å². The molecule has 0 radical (unpaired) electrons. The van der Waals surface area contributed by atoms with Crippen molar-refractivity contribution in [3.8, 4) is 0 Å². The normalized spacial score (nSPS) is 17.1. The number of hydrogen-bond donors (Lipinski definition) is 0. The van der Waals surface area contributed by atoms with Gasteiger partial charge in [0.15, 0.2) is 5.17 Å². The fraction of sp³-hybridized carbons (Fsp3) is 0.0455. The predicted molar refractivity (Wildman–Crippen MR) is 122 cm³/mol. The Kier molecular flexibility index (Phi) is 5.72. The van der Waals surface area contributed by atoms with E-state index in [4.69, 9.17) is 23.2 Å². The van der Waals surface area contributed by atoms with Crippen LogP contribution in [0.3, 0.4) is 0 Å². The van der Waals surface area contributed by atoms with Crippen molar-refractivity contribution in [1.29, 1.82) is 0 Å². The number of nitrogens with zero attached hydrogens (tertiary/aromatic N) is 3. The van der Waals surface area contributed by atoms with E-state index in [-0.39, 0.29) is 5.91 Å². The first-order valence-electron chi connectivity index (χ1n) is 8.77. The van der Waals surface area contributed by atoms with E-state index in [1.807, 2.05) is 61.5 Å². The van der Waals surface area contributed by atoms with E-state index in [2.05, 4.69) is 9.98 Å². The Labute approximate surface area is 182 Å². The fourth-order valence-electron chi connectivity index (χ4n) is 2.88. The highest BCUT2D eigenvalue weighted by atomic mass is 35.5. The number of carbonyl (C=O) groups is 1. The van der Waals surface area contributed by atoms with E-state index >= 15 is 0 Å². The largest absolute Gasteiger partial charge is 0.271 e. The molecule has 1 aliphatic heterocycles. The van der Waals surface area contributed by atoms with Crippen LogP contribution < -0.4 is 4.90 Å². The van der Waals surface area contributed by atoms with Crippen LogP contribution in [0.25, 0.3) is 5.57 Å². The molecule has 0 spiro atoms. The Morgan fingerprint density at radius 1 is 1.03 bits per heavy atom. The van der Waals surface area contributed by atoms with Gasteiger partial charge in [-0.05, 0) is 60.2 Å². The highest BCUT2D eigenvalue weighted by Gasteiger charge is 2.36. The summed E-state index contributed by atoms with van der Waals surface area (Å²) in [5.41, 5.74) is 3.10. The summed E-state index contributed by atoms with van der Waals surface area (Å²) < 4.78 is 0. The standard InChI is InChI=1S/C22H15Cl2N3OS/c1-14(15-7-9-16(23)10-8-15)20-21(28)27(17-5-3-2-4-6-17)22(29-20)26-19-11-12-25-13-18(19)24/h2-13H,1H3/b20-14-,26-22?. The lowest BCUT2D eigenvalue weighted by Gasteiger charge is -2.15. The Bertz CT molecular complexity index is 1130. The highest BCUT2D eigenvalue weighted by Crippen LogP contribution is 2.40. The number of aliphatic imine (C=N–C) groups is 1. The van der Waals surface area contributed by atoms with Crippen LogP contribution in [0.5, 0.6) is 0 Å². The molecule has 7 heteroatoms. The van der Waals surface area contributed by atoms with Gasteiger partial charge in [-0.3, -0.25) is 14.7 Å². The van der Waals surface area contributed by atoms with Gasteiger partial charge in [-0.1, -0.05) is 53.5 Å². The zero-order valence-electron chi connectivity index (χ0n) is 15.3. The molecule has 1 fully saturated rings. The van der Waals surface area contributed by atoms with Crippen molar-refractivity contribution in [2.24, 2.45) is 4.99 Å². The number of amides is 1. The molecule has 4 rings (SSSR count). The van der Waals surface area contributed by atoms with Crippen LogP contribution in [-0.2, 0) is 4.79 Å². The fourth-order valence-corrected chi connectivity index (χ4v) is 4.22. The maximum Gasteiger partial charge on any atom is 0.271 e. The third-order valence-electron chi connectivity index (χ3n) is 4.38. The van der Waals surface area contributed by atoms with Crippen LogP contribution in [-0.4, -0.2) is 16.1 Å². The molecular weight excluding hydrogens is 425 g/mol. The number of anilines is 1. The molecule has 1 aromatic heterocycles. The number of hydrogen-bond acceptors (Lipinski definition) is 4. The third kappa shape index (κ3) is 4.08. The molecule has 29 heavy (non-hydrogen) atoms. The molecule has 2 heterocycles. The van der Waals surface area contributed by atoms with Gasteiger partial charge in [-0.25, -0.2) is 4.99 Å². The Morgan fingerprint density at radius 2 is 1.76 bits per heavy atom. The number of thioether (sulfide) groups is 1. The summed E-state index contributed by atoms with van der Waals surface area (Å²) >= 11 is 13.6. The molecule has 2 aromatic carbocycles. The van der Waals surface area contributed by atoms with Gasteiger partial charge < -0.3 is 0 Å². The van der Waals surface area contributed by atoms with E-state index in [0.717, 1.165) is 16.8 Å². The summed E-state index contributed by atoms with van der Waals surface area (Å²) in [6.07, 6.45) is 3.15. The molecular formula is C22H15Cl2N3OS. The quantitative estimate of drug-likeness (QED) is 0.432. The zero-order chi connectivity index (χ0) is 20.4. The number of pyridine rings is 1. The lowest BCUT2D eigenvalue weighted by atomic mass is 10.1. The topological polar surface area (TPSA) is 45.6 Å². The van der Waals surface area contributed by atoms with Gasteiger partial charge in [0.25, 0.3) is 5.91 Å². The van der Waals surface area contributed by atoms with Crippen LogP contribution >= 0.6 is 35.0 Å². The number of aromatic nitrogens is 1. The lowest BCUT2D eigenvalue weighted by molar-refractivity contribution is -0.113. The first-order chi connectivity index (χ1) is 14.0. The van der Waals surface area contributed by atoms with Gasteiger partial charge in [-0.15, -0.1) is 0 Å². The summed E-state index contributed by atoms with van der Waals surface area (Å²) in [4.78, 5) is 24.2. The number of allylic oxidation sites excluding steroid dienone is 1. The van der Waals surface area contributed by atoms with E-state index < -0.39 is 0 Å². The number of amidine groups is 1. The Hall–Kier alpha value is -2.60. The van der Waals surface area contributed by atoms with Crippen molar-refractivity contribution >= 4 is 63.0 Å². The van der Waals surface area contributed by atoms with Crippen molar-refractivity contribution < 1.29 is 4.79 Å². The van der Waals surface area contributed by atoms with Crippen molar-refractivity contribution in [2.45, 2.75) is 6.92 Å². The van der Waals surface area contributed by atoms with E-state index in [0.29, 0.717) is 25.8 Å². The third-order valence-corrected chi connectivity index (χ3v) is 6.07. The molecule has 0 atom stereocenters. The van der Waals surface area contributed by atoms with E-state index in [1.54, 1.807) is 17.2 Å². The SMILES string of the molecule is C/C(=C1/SC(=Nc2ccncc2Cl)N(c2ccccc2)C1=O)c1ccc(Cl)cc1. The predicted octanol–water partition coefficient (Wildman–Crippen LogP) is 6.59. The number of carbonyl (C=O) groups excluding carboxylic acids is 1. The second kappa shape index (κ2) is 8.41. The summed E-state index contributed by atoms with van der Waals surface area (Å²) in [7, 11) is 0. The molecule has 1 amide bonds. The Balaban J connectivity index is 1.83. The molecule has 0 saturated carbocycles. The summed E-state index contributed by atoms with van der Waals surface area (Å²) in [6.45, 7) is 1.93. The minimum Gasteiger partial charge on any atom is -0.268 e. The molecule has 0 aliphatic carbocycles. The van der Waals surface area contributed by atoms with Gasteiger partial charge >= 0.3 is 0 Å². The molecule has 1 aliphatic rings. The van der Waals surface area contributed by atoms with Crippen molar-refractivity contribution in [3.63, 3.8) is 0 Å². The van der Waals surface area contributed by atoms with Crippen LogP contribution in [0.1, 0.15) is 12.5 Å². The minimum absolute atomic E-state index is 0.127. The van der Waals surface area contributed by atoms with Crippen molar-refractivity contribution in [3.05, 3.63) is 93.6 Å². The molecule has 0 unspecified atom stereocenters. The maximum absolute atomic E-state index is 13.4. The average Bonchev–Trinajstić information content (AvgIpc) is 3.06. The number of para-hydroxylation sites is 1. The van der Waals surface area contributed by atoms with Crippen molar-refractivity contribution in [1.82, 2.24) is 4.98 Å². The zero-order valence-corrected chi connectivity index (χ0v) is 17.7. The van der Waals surface area contributed by atoms with Crippen LogP contribution in [0, 0.1) is 0 Å². The van der Waals surface area contributed by atoms with Gasteiger partial charge in [-0.2, -0.15) is 0 Å². The second-order valence-electron chi connectivity index (χ2n) is 6.26. The van der Waals surface area contributed by atoms with Crippen LogP contribution in [0.4, 0.5) is 11.4 Å². The first kappa shape index (κ1) is 19.7. The lowest BCUT2D eigenvalue weighted by Crippen LogP contribution is -2.28. The summed E-state index contributed by atoms with van der Waals surface area (Å²) in [5, 5.41) is 1.61. The maximum atomic E-state index is 13.4. The molecule has 1 saturated heterocycles. The smallest absolute Gasteiger partial charge is 0.268 e. The molecule has 0 bridgehead atoms. The minimum atomic E-state index is -0.127. The van der Waals surface area contributed by atoms with Gasteiger partial charge in [0.05, 0.1) is 21.3 Å². The summed E-state index contributed by atoms with van der Waals surface area (Å²) in [6, 6.07) is 18.6. The summed E-state index contributed by atoms with van der Waals surface area (Å²) in [5.74, 6) is -0.127. The number of rotatable bonds is 3.